The van der Waals surface area contributed by atoms with E-state index in [1.165, 1.54) is 13.2 Å². The number of hydrogen-bond acceptors (Lipinski definition) is 4. The monoisotopic (exact) mass is 318 g/mol. The van der Waals surface area contributed by atoms with Gasteiger partial charge in [-0.05, 0) is 11.6 Å². The van der Waals surface area contributed by atoms with Gasteiger partial charge < -0.3 is 4.74 Å². The Morgan fingerprint density at radius 3 is 2.78 bits per heavy atom. The average Bonchev–Trinajstić information content (AvgIpc) is 2.38. The third-order valence-corrected chi connectivity index (χ3v) is 2.86. The van der Waals surface area contributed by atoms with Gasteiger partial charge >= 0.3 is 5.97 Å². The zero-order valence-electron chi connectivity index (χ0n) is 9.41. The first-order valence-corrected chi connectivity index (χ1v) is 5.99. The van der Waals surface area contributed by atoms with Gasteiger partial charge in [0.1, 0.15) is 17.5 Å². The van der Waals surface area contributed by atoms with Crippen LogP contribution in [0.4, 0.5) is 8.78 Å². The van der Waals surface area contributed by atoms with E-state index in [0.29, 0.717) is 11.1 Å². The number of hydrogen-bond donors (Lipinski definition) is 0. The van der Waals surface area contributed by atoms with E-state index in [1.54, 1.807) is 6.07 Å². The molecule has 1 aromatic heterocycles. The number of esters is 1. The minimum Gasteiger partial charge on any atom is -0.469 e. The molecular formula is C11H9BrF2N2O2. The lowest BCUT2D eigenvalue weighted by Gasteiger charge is -2.10. The smallest absolute Gasteiger partial charge is 0.310 e. The largest absolute Gasteiger partial charge is 0.469 e. The van der Waals surface area contributed by atoms with Crippen molar-refractivity contribution in [3.05, 3.63) is 28.6 Å². The molecule has 0 aliphatic heterocycles. The molecule has 0 aliphatic carbocycles. The minimum atomic E-state index is -2.76. The van der Waals surface area contributed by atoms with Gasteiger partial charge in [0.15, 0.2) is 0 Å². The number of halogens is 3. The van der Waals surface area contributed by atoms with Crippen molar-refractivity contribution >= 4 is 21.9 Å². The number of ether oxygens (including phenoxy) is 1. The van der Waals surface area contributed by atoms with Gasteiger partial charge in [-0.25, -0.2) is 13.8 Å². The summed E-state index contributed by atoms with van der Waals surface area (Å²) in [6.07, 6.45) is -2.93. The van der Waals surface area contributed by atoms with Gasteiger partial charge in [0.2, 0.25) is 0 Å². The average molecular weight is 319 g/mol. The van der Waals surface area contributed by atoms with Gasteiger partial charge in [-0.1, -0.05) is 15.9 Å². The van der Waals surface area contributed by atoms with E-state index >= 15 is 0 Å². The third-order valence-electron chi connectivity index (χ3n) is 2.26. The molecule has 7 heteroatoms. The topological polar surface area (TPSA) is 63.0 Å². The highest BCUT2D eigenvalue weighted by Gasteiger charge is 2.19. The van der Waals surface area contributed by atoms with Crippen LogP contribution in [-0.4, -0.2) is 18.1 Å². The van der Waals surface area contributed by atoms with Crippen molar-refractivity contribution in [1.82, 2.24) is 4.98 Å². The molecule has 0 unspecified atom stereocenters. The zero-order chi connectivity index (χ0) is 13.7. The second-order valence-electron chi connectivity index (χ2n) is 3.33. The summed E-state index contributed by atoms with van der Waals surface area (Å²) in [5.74, 6) is -0.555. The van der Waals surface area contributed by atoms with Gasteiger partial charge in [-0.3, -0.25) is 4.79 Å². The Kier molecular flexibility index (Phi) is 5.16. The first kappa shape index (κ1) is 14.5. The van der Waals surface area contributed by atoms with Crippen LogP contribution in [0.1, 0.15) is 28.9 Å². The quantitative estimate of drug-likeness (QED) is 0.632. The molecule has 0 N–H and O–H groups in total. The summed E-state index contributed by atoms with van der Waals surface area (Å²) in [6.45, 7) is 0. The number of nitrogens with zero attached hydrogens (tertiary/aromatic N) is 2. The first-order chi connectivity index (χ1) is 8.53. The predicted octanol–water partition coefficient (Wildman–Crippen LogP) is 2.50. The highest BCUT2D eigenvalue weighted by atomic mass is 79.9. The lowest BCUT2D eigenvalue weighted by atomic mass is 10.0. The molecule has 0 fully saturated rings. The molecule has 0 saturated heterocycles. The number of nitriles is 1. The molecule has 1 heterocycles. The van der Waals surface area contributed by atoms with E-state index < -0.39 is 18.1 Å². The normalized spacial score (nSPS) is 10.2. The lowest BCUT2D eigenvalue weighted by Crippen LogP contribution is -2.11. The predicted molar refractivity (Wildman–Crippen MR) is 62.3 cm³/mol. The summed E-state index contributed by atoms with van der Waals surface area (Å²) in [7, 11) is 1.21. The molecule has 1 rings (SSSR count). The molecule has 0 radical (unpaired) electrons. The Morgan fingerprint density at radius 1 is 1.67 bits per heavy atom. The van der Waals surface area contributed by atoms with Crippen LogP contribution >= 0.6 is 15.9 Å². The maximum Gasteiger partial charge on any atom is 0.310 e. The van der Waals surface area contributed by atoms with E-state index in [-0.39, 0.29) is 17.4 Å². The van der Waals surface area contributed by atoms with Crippen molar-refractivity contribution in [3.8, 4) is 6.07 Å². The van der Waals surface area contributed by atoms with E-state index in [0.717, 1.165) is 0 Å². The van der Waals surface area contributed by atoms with E-state index in [9.17, 15) is 13.6 Å². The second kappa shape index (κ2) is 6.40. The fourth-order valence-corrected chi connectivity index (χ4v) is 1.88. The molecule has 0 spiro atoms. The van der Waals surface area contributed by atoms with Gasteiger partial charge in [0, 0.05) is 10.9 Å². The van der Waals surface area contributed by atoms with Crippen molar-refractivity contribution in [2.24, 2.45) is 0 Å². The summed E-state index contributed by atoms with van der Waals surface area (Å²) in [4.78, 5) is 14.8. The van der Waals surface area contributed by atoms with Crippen LogP contribution in [-0.2, 0) is 21.3 Å². The number of aromatic nitrogens is 1. The van der Waals surface area contributed by atoms with Crippen LogP contribution in [0.25, 0.3) is 0 Å². The fraction of sp³-hybridized carbons (Fsp3) is 0.364. The number of methoxy groups -OCH3 is 1. The summed E-state index contributed by atoms with van der Waals surface area (Å²) < 4.78 is 29.7. The second-order valence-corrected chi connectivity index (χ2v) is 3.89. The molecule has 96 valence electrons. The Bertz CT molecular complexity index is 501. The summed E-state index contributed by atoms with van der Waals surface area (Å²) in [5, 5.41) is 9.15. The van der Waals surface area contributed by atoms with Crippen molar-refractivity contribution in [2.75, 3.05) is 7.11 Å². The SMILES string of the molecule is COC(=O)Cc1c(CBr)cc(C(F)F)nc1C#N. The fourth-order valence-electron chi connectivity index (χ4n) is 1.38. The summed E-state index contributed by atoms with van der Waals surface area (Å²) in [6, 6.07) is 2.90. The molecule has 0 bridgehead atoms. The van der Waals surface area contributed by atoms with Crippen LogP contribution in [0.3, 0.4) is 0 Å². The lowest BCUT2D eigenvalue weighted by molar-refractivity contribution is -0.139. The van der Waals surface area contributed by atoms with E-state index in [4.69, 9.17) is 5.26 Å². The zero-order valence-corrected chi connectivity index (χ0v) is 11.0. The molecule has 0 aromatic carbocycles. The molecule has 0 aliphatic rings. The summed E-state index contributed by atoms with van der Waals surface area (Å²) >= 11 is 3.13. The van der Waals surface area contributed by atoms with Gasteiger partial charge in [0.25, 0.3) is 6.43 Å². The Hall–Kier alpha value is -1.55. The van der Waals surface area contributed by atoms with Crippen LogP contribution in [0.5, 0.6) is 0 Å². The maximum atomic E-state index is 12.6. The highest BCUT2D eigenvalue weighted by Crippen LogP contribution is 2.24. The molecule has 18 heavy (non-hydrogen) atoms. The highest BCUT2D eigenvalue weighted by molar-refractivity contribution is 9.08. The van der Waals surface area contributed by atoms with Crippen LogP contribution in [0.2, 0.25) is 0 Å². The Morgan fingerprint density at radius 2 is 2.33 bits per heavy atom. The molecule has 1 aromatic rings. The molecule has 0 saturated carbocycles. The number of carbonyl (C=O) groups is 1. The maximum absolute atomic E-state index is 12.6. The molecule has 0 amide bonds. The van der Waals surface area contributed by atoms with Gasteiger partial charge in [-0.2, -0.15) is 5.26 Å². The molecule has 0 atom stereocenters. The van der Waals surface area contributed by atoms with Crippen molar-refractivity contribution < 1.29 is 18.3 Å². The number of pyridine rings is 1. The van der Waals surface area contributed by atoms with E-state index in [1.807, 2.05) is 0 Å². The standard InChI is InChI=1S/C11H9BrF2N2O2/c1-18-10(17)3-7-6(4-12)2-8(11(13)14)16-9(7)5-15/h2,11H,3-4H2,1H3. The third kappa shape index (κ3) is 3.23. The van der Waals surface area contributed by atoms with Crippen molar-refractivity contribution in [3.63, 3.8) is 0 Å². The minimum absolute atomic E-state index is 0.170. The molecular weight excluding hydrogens is 310 g/mol. The number of carbonyl (C=O) groups excluding carboxylic acids is 1. The number of alkyl halides is 3. The van der Waals surface area contributed by atoms with Gasteiger partial charge in [-0.15, -0.1) is 0 Å². The van der Waals surface area contributed by atoms with Crippen LogP contribution in [0.15, 0.2) is 6.07 Å². The Balaban J connectivity index is 3.31. The van der Waals surface area contributed by atoms with Crippen LogP contribution < -0.4 is 0 Å². The van der Waals surface area contributed by atoms with E-state index in [2.05, 4.69) is 25.7 Å². The first-order valence-electron chi connectivity index (χ1n) is 4.87. The summed E-state index contributed by atoms with van der Waals surface area (Å²) in [5.41, 5.74) is 0.0927. The number of rotatable bonds is 4. The van der Waals surface area contributed by atoms with Crippen LogP contribution in [0, 0.1) is 11.3 Å². The van der Waals surface area contributed by atoms with Gasteiger partial charge in [0.05, 0.1) is 13.5 Å². The van der Waals surface area contributed by atoms with Crippen molar-refractivity contribution in [2.45, 2.75) is 18.2 Å². The van der Waals surface area contributed by atoms with Crippen molar-refractivity contribution in [1.29, 1.82) is 5.26 Å². The Labute approximate surface area is 111 Å². The molecule has 4 nitrogen and oxygen atoms in total.